The Kier molecular flexibility index (Phi) is 3.31. The zero-order valence-electron chi connectivity index (χ0n) is 10.6. The van der Waals surface area contributed by atoms with E-state index in [1.165, 1.54) is 12.1 Å². The molecule has 1 saturated carbocycles. The summed E-state index contributed by atoms with van der Waals surface area (Å²) >= 11 is 0. The van der Waals surface area contributed by atoms with Crippen LogP contribution in [-0.4, -0.2) is 16.0 Å². The number of halogens is 2. The minimum absolute atomic E-state index is 0.240. The predicted octanol–water partition coefficient (Wildman–Crippen LogP) is 1.97. The summed E-state index contributed by atoms with van der Waals surface area (Å²) < 4.78 is 26.1. The average molecular weight is 277 g/mol. The molecule has 0 unspecified atom stereocenters. The van der Waals surface area contributed by atoms with Crippen LogP contribution in [0.3, 0.4) is 0 Å². The first kappa shape index (κ1) is 12.9. The highest BCUT2D eigenvalue weighted by Gasteiger charge is 2.20. The number of hydrogen-bond acceptors (Lipinski definition) is 3. The molecule has 104 valence electrons. The van der Waals surface area contributed by atoms with E-state index in [1.54, 1.807) is 0 Å². The SMILES string of the molecule is O=c1cc(CNC2CC2)nc(-c2ccc(F)c(F)c2)[nH]1. The molecule has 1 fully saturated rings. The van der Waals surface area contributed by atoms with E-state index in [9.17, 15) is 13.6 Å². The van der Waals surface area contributed by atoms with Crippen LogP contribution in [0, 0.1) is 11.6 Å². The van der Waals surface area contributed by atoms with E-state index in [0.717, 1.165) is 25.0 Å². The Morgan fingerprint density at radius 2 is 2.05 bits per heavy atom. The van der Waals surface area contributed by atoms with Crippen molar-refractivity contribution in [3.63, 3.8) is 0 Å². The van der Waals surface area contributed by atoms with Crippen molar-refractivity contribution in [1.82, 2.24) is 15.3 Å². The Morgan fingerprint density at radius 3 is 2.75 bits per heavy atom. The van der Waals surface area contributed by atoms with Crippen LogP contribution in [0.5, 0.6) is 0 Å². The van der Waals surface area contributed by atoms with E-state index in [0.29, 0.717) is 23.8 Å². The van der Waals surface area contributed by atoms with Gasteiger partial charge in [-0.15, -0.1) is 0 Å². The summed E-state index contributed by atoms with van der Waals surface area (Å²) in [6.07, 6.45) is 2.28. The molecule has 1 aromatic carbocycles. The van der Waals surface area contributed by atoms with Crippen molar-refractivity contribution < 1.29 is 8.78 Å². The van der Waals surface area contributed by atoms with Gasteiger partial charge in [0.25, 0.3) is 5.56 Å². The average Bonchev–Trinajstić information content (AvgIpc) is 3.23. The molecule has 2 N–H and O–H groups in total. The highest BCUT2D eigenvalue weighted by Crippen LogP contribution is 2.20. The molecule has 4 nitrogen and oxygen atoms in total. The lowest BCUT2D eigenvalue weighted by Gasteiger charge is -2.06. The number of nitrogens with zero attached hydrogens (tertiary/aromatic N) is 1. The van der Waals surface area contributed by atoms with Crippen molar-refractivity contribution in [2.75, 3.05) is 0 Å². The molecule has 0 radical (unpaired) electrons. The molecule has 1 aliphatic rings. The Bertz CT molecular complexity index is 695. The number of rotatable bonds is 4. The number of hydrogen-bond donors (Lipinski definition) is 2. The second-order valence-electron chi connectivity index (χ2n) is 4.87. The molecule has 1 aromatic heterocycles. The van der Waals surface area contributed by atoms with Crippen molar-refractivity contribution in [1.29, 1.82) is 0 Å². The minimum atomic E-state index is -0.966. The monoisotopic (exact) mass is 277 g/mol. The van der Waals surface area contributed by atoms with Crippen LogP contribution in [-0.2, 0) is 6.54 Å². The first-order valence-electron chi connectivity index (χ1n) is 6.41. The number of aromatic nitrogens is 2. The maximum Gasteiger partial charge on any atom is 0.251 e. The third-order valence-electron chi connectivity index (χ3n) is 3.14. The zero-order valence-corrected chi connectivity index (χ0v) is 10.6. The molecule has 6 heteroatoms. The van der Waals surface area contributed by atoms with Crippen LogP contribution in [0.2, 0.25) is 0 Å². The second kappa shape index (κ2) is 5.13. The van der Waals surface area contributed by atoms with Gasteiger partial charge in [-0.25, -0.2) is 13.8 Å². The van der Waals surface area contributed by atoms with Crippen molar-refractivity contribution in [3.8, 4) is 11.4 Å². The lowest BCUT2D eigenvalue weighted by molar-refractivity contribution is 0.509. The Hall–Kier alpha value is -2.08. The Morgan fingerprint density at radius 1 is 1.25 bits per heavy atom. The highest BCUT2D eigenvalue weighted by molar-refractivity contribution is 5.54. The first-order chi connectivity index (χ1) is 9.61. The summed E-state index contributed by atoms with van der Waals surface area (Å²) in [4.78, 5) is 18.4. The maximum atomic E-state index is 13.2. The van der Waals surface area contributed by atoms with Gasteiger partial charge in [0.15, 0.2) is 11.6 Å². The van der Waals surface area contributed by atoms with Gasteiger partial charge in [0.2, 0.25) is 0 Å². The molecule has 0 amide bonds. The first-order valence-corrected chi connectivity index (χ1v) is 6.41. The molecular weight excluding hydrogens is 264 g/mol. The lowest BCUT2D eigenvalue weighted by atomic mass is 10.2. The molecule has 0 atom stereocenters. The summed E-state index contributed by atoms with van der Waals surface area (Å²) in [7, 11) is 0. The number of aromatic amines is 1. The van der Waals surface area contributed by atoms with E-state index in [-0.39, 0.29) is 11.4 Å². The predicted molar refractivity (Wildman–Crippen MR) is 70.1 cm³/mol. The molecule has 0 bridgehead atoms. The molecule has 1 heterocycles. The molecule has 3 rings (SSSR count). The molecule has 1 aliphatic carbocycles. The third-order valence-corrected chi connectivity index (χ3v) is 3.14. The summed E-state index contributed by atoms with van der Waals surface area (Å²) in [5.41, 5.74) is 0.613. The van der Waals surface area contributed by atoms with Gasteiger partial charge in [0, 0.05) is 24.2 Å². The fraction of sp³-hybridized carbons (Fsp3) is 0.286. The lowest BCUT2D eigenvalue weighted by Crippen LogP contribution is -2.19. The molecule has 0 saturated heterocycles. The third kappa shape index (κ3) is 2.91. The standard InChI is InChI=1S/C14H13F2N3O/c15-11-4-1-8(5-12(11)16)14-18-10(6-13(20)19-14)7-17-9-2-3-9/h1,4-6,9,17H,2-3,7H2,(H,18,19,20). The van der Waals surface area contributed by atoms with Gasteiger partial charge < -0.3 is 10.3 Å². The summed E-state index contributed by atoms with van der Waals surface area (Å²) in [5.74, 6) is -1.65. The van der Waals surface area contributed by atoms with Gasteiger partial charge in [-0.1, -0.05) is 0 Å². The van der Waals surface area contributed by atoms with E-state index in [4.69, 9.17) is 0 Å². The molecule has 0 spiro atoms. The summed E-state index contributed by atoms with van der Waals surface area (Å²) in [5, 5.41) is 3.25. The van der Waals surface area contributed by atoms with Crippen LogP contribution >= 0.6 is 0 Å². The van der Waals surface area contributed by atoms with Crippen LogP contribution in [0.4, 0.5) is 8.78 Å². The smallest absolute Gasteiger partial charge is 0.251 e. The van der Waals surface area contributed by atoms with E-state index in [1.807, 2.05) is 0 Å². The van der Waals surface area contributed by atoms with Crippen molar-refractivity contribution in [2.45, 2.75) is 25.4 Å². The molecular formula is C14H13F2N3O. The van der Waals surface area contributed by atoms with E-state index >= 15 is 0 Å². The summed E-state index contributed by atoms with van der Waals surface area (Å²) in [6, 6.07) is 5.32. The molecule has 2 aromatic rings. The number of benzene rings is 1. The summed E-state index contributed by atoms with van der Waals surface area (Å²) in [6.45, 7) is 0.491. The van der Waals surface area contributed by atoms with Crippen molar-refractivity contribution in [3.05, 3.63) is 51.9 Å². The van der Waals surface area contributed by atoms with Crippen LogP contribution in [0.15, 0.2) is 29.1 Å². The van der Waals surface area contributed by atoms with Crippen LogP contribution in [0.25, 0.3) is 11.4 Å². The highest BCUT2D eigenvalue weighted by atomic mass is 19.2. The van der Waals surface area contributed by atoms with E-state index < -0.39 is 11.6 Å². The normalized spacial score (nSPS) is 14.5. The van der Waals surface area contributed by atoms with Gasteiger partial charge in [0.1, 0.15) is 5.82 Å². The van der Waals surface area contributed by atoms with Gasteiger partial charge in [-0.2, -0.15) is 0 Å². The van der Waals surface area contributed by atoms with Gasteiger partial charge >= 0.3 is 0 Å². The zero-order chi connectivity index (χ0) is 14.1. The van der Waals surface area contributed by atoms with Gasteiger partial charge in [-0.3, -0.25) is 4.79 Å². The minimum Gasteiger partial charge on any atom is -0.308 e. The Labute approximate surface area is 113 Å². The number of H-pyrrole nitrogens is 1. The molecule has 20 heavy (non-hydrogen) atoms. The number of nitrogens with one attached hydrogen (secondary N) is 2. The van der Waals surface area contributed by atoms with Gasteiger partial charge in [0.05, 0.1) is 5.69 Å². The van der Waals surface area contributed by atoms with Crippen molar-refractivity contribution >= 4 is 0 Å². The fourth-order valence-corrected chi connectivity index (χ4v) is 1.92. The van der Waals surface area contributed by atoms with Crippen LogP contribution < -0.4 is 10.9 Å². The van der Waals surface area contributed by atoms with E-state index in [2.05, 4.69) is 15.3 Å². The maximum absolute atomic E-state index is 13.2. The molecule has 0 aliphatic heterocycles. The van der Waals surface area contributed by atoms with Crippen molar-refractivity contribution in [2.24, 2.45) is 0 Å². The topological polar surface area (TPSA) is 57.8 Å². The van der Waals surface area contributed by atoms with Gasteiger partial charge in [-0.05, 0) is 31.0 Å². The second-order valence-corrected chi connectivity index (χ2v) is 4.87. The largest absolute Gasteiger partial charge is 0.308 e. The Balaban J connectivity index is 1.91. The quantitative estimate of drug-likeness (QED) is 0.898. The fourth-order valence-electron chi connectivity index (χ4n) is 1.92. The van der Waals surface area contributed by atoms with Crippen LogP contribution in [0.1, 0.15) is 18.5 Å².